The Kier molecular flexibility index (Phi) is 5.40. The van der Waals surface area contributed by atoms with Gasteiger partial charge in [-0.3, -0.25) is 9.59 Å². The van der Waals surface area contributed by atoms with Crippen LogP contribution in [0, 0.1) is 0 Å². The maximum atomic E-state index is 12.6. The van der Waals surface area contributed by atoms with Crippen LogP contribution < -0.4 is 5.32 Å². The highest BCUT2D eigenvalue weighted by Crippen LogP contribution is 2.32. The van der Waals surface area contributed by atoms with Gasteiger partial charge < -0.3 is 10.2 Å². The predicted molar refractivity (Wildman–Crippen MR) is 98.4 cm³/mol. The van der Waals surface area contributed by atoms with Crippen LogP contribution >= 0.6 is 23.1 Å². The van der Waals surface area contributed by atoms with Crippen LogP contribution in [-0.4, -0.2) is 46.1 Å². The van der Waals surface area contributed by atoms with E-state index in [-0.39, 0.29) is 23.1 Å². The van der Waals surface area contributed by atoms with Gasteiger partial charge in [-0.1, -0.05) is 23.9 Å². The average molecular weight is 364 g/mol. The van der Waals surface area contributed by atoms with E-state index < -0.39 is 0 Å². The Morgan fingerprint density at radius 3 is 2.71 bits per heavy atom. The Morgan fingerprint density at radius 1 is 1.33 bits per heavy atom. The van der Waals surface area contributed by atoms with Gasteiger partial charge >= 0.3 is 0 Å². The molecule has 24 heavy (non-hydrogen) atoms. The SMILES string of the molecule is CC(=O)NC1CCN(C(=O)[C@H](C)Sc2nc3ccccc3s2)CC1. The highest BCUT2D eigenvalue weighted by atomic mass is 32.2. The number of amides is 2. The number of nitrogens with one attached hydrogen (secondary N) is 1. The molecule has 1 N–H and O–H groups in total. The molecule has 2 aromatic rings. The van der Waals surface area contributed by atoms with E-state index in [0.29, 0.717) is 13.1 Å². The topological polar surface area (TPSA) is 62.3 Å². The lowest BCUT2D eigenvalue weighted by Gasteiger charge is -2.33. The summed E-state index contributed by atoms with van der Waals surface area (Å²) in [6.07, 6.45) is 1.65. The number of para-hydroxylation sites is 1. The van der Waals surface area contributed by atoms with Gasteiger partial charge in [-0.15, -0.1) is 11.3 Å². The van der Waals surface area contributed by atoms with Crippen molar-refractivity contribution in [1.29, 1.82) is 0 Å². The lowest BCUT2D eigenvalue weighted by Crippen LogP contribution is -2.47. The first-order chi connectivity index (χ1) is 11.5. The highest BCUT2D eigenvalue weighted by Gasteiger charge is 2.27. The molecule has 1 fully saturated rings. The Balaban J connectivity index is 1.56. The maximum Gasteiger partial charge on any atom is 0.235 e. The third kappa shape index (κ3) is 4.08. The second kappa shape index (κ2) is 7.53. The quantitative estimate of drug-likeness (QED) is 0.849. The number of thiazole rings is 1. The molecular weight excluding hydrogens is 342 g/mol. The number of fused-ring (bicyclic) bond motifs is 1. The van der Waals surface area contributed by atoms with Crippen LogP contribution in [0.15, 0.2) is 28.6 Å². The molecule has 2 heterocycles. The molecule has 128 valence electrons. The van der Waals surface area contributed by atoms with E-state index in [9.17, 15) is 9.59 Å². The summed E-state index contributed by atoms with van der Waals surface area (Å²) >= 11 is 3.16. The zero-order chi connectivity index (χ0) is 17.1. The number of likely N-dealkylation sites (tertiary alicyclic amines) is 1. The van der Waals surface area contributed by atoms with Crippen molar-refractivity contribution in [3.8, 4) is 0 Å². The fourth-order valence-corrected chi connectivity index (χ4v) is 5.19. The van der Waals surface area contributed by atoms with Gasteiger partial charge in [-0.25, -0.2) is 4.98 Å². The van der Waals surface area contributed by atoms with E-state index in [2.05, 4.69) is 16.4 Å². The largest absolute Gasteiger partial charge is 0.353 e. The van der Waals surface area contributed by atoms with Gasteiger partial charge in [0.1, 0.15) is 0 Å². The molecule has 0 spiro atoms. The van der Waals surface area contributed by atoms with Gasteiger partial charge in [0.2, 0.25) is 11.8 Å². The summed E-state index contributed by atoms with van der Waals surface area (Å²) in [6.45, 7) is 4.89. The number of benzene rings is 1. The van der Waals surface area contributed by atoms with Gasteiger partial charge in [0.15, 0.2) is 4.34 Å². The molecule has 3 rings (SSSR count). The normalized spacial score (nSPS) is 17.0. The van der Waals surface area contributed by atoms with E-state index in [4.69, 9.17) is 0 Å². The minimum atomic E-state index is -0.150. The molecule has 0 saturated carbocycles. The van der Waals surface area contributed by atoms with Crippen molar-refractivity contribution in [3.63, 3.8) is 0 Å². The maximum absolute atomic E-state index is 12.6. The molecular formula is C17H21N3O2S2. The molecule has 1 aromatic heterocycles. The molecule has 1 atom stereocenters. The number of hydrogen-bond acceptors (Lipinski definition) is 5. The fourth-order valence-electron chi connectivity index (χ4n) is 2.89. The zero-order valence-electron chi connectivity index (χ0n) is 13.8. The molecule has 0 bridgehead atoms. The average Bonchev–Trinajstić information content (AvgIpc) is 2.96. The van der Waals surface area contributed by atoms with Gasteiger partial charge in [-0.05, 0) is 31.9 Å². The van der Waals surface area contributed by atoms with E-state index in [1.807, 2.05) is 30.0 Å². The van der Waals surface area contributed by atoms with E-state index in [1.165, 1.54) is 18.7 Å². The van der Waals surface area contributed by atoms with Gasteiger partial charge in [0.25, 0.3) is 0 Å². The van der Waals surface area contributed by atoms with Crippen LogP contribution in [0.1, 0.15) is 26.7 Å². The summed E-state index contributed by atoms with van der Waals surface area (Å²) in [5.74, 6) is 0.153. The molecule has 7 heteroatoms. The number of carbonyl (C=O) groups excluding carboxylic acids is 2. The molecule has 1 aliphatic heterocycles. The highest BCUT2D eigenvalue weighted by molar-refractivity contribution is 8.02. The van der Waals surface area contributed by atoms with Crippen molar-refractivity contribution in [3.05, 3.63) is 24.3 Å². The summed E-state index contributed by atoms with van der Waals surface area (Å²) in [5, 5.41) is 2.78. The first kappa shape index (κ1) is 17.2. The summed E-state index contributed by atoms with van der Waals surface area (Å²) in [6, 6.07) is 8.22. The zero-order valence-corrected chi connectivity index (χ0v) is 15.5. The monoisotopic (exact) mass is 363 g/mol. The molecule has 0 aliphatic carbocycles. The Bertz CT molecular complexity index is 705. The molecule has 1 saturated heterocycles. The van der Waals surface area contributed by atoms with Gasteiger partial charge in [0.05, 0.1) is 15.5 Å². The second-order valence-corrected chi connectivity index (χ2v) is 8.63. The van der Waals surface area contributed by atoms with Crippen molar-refractivity contribution in [2.24, 2.45) is 0 Å². The minimum Gasteiger partial charge on any atom is -0.353 e. The van der Waals surface area contributed by atoms with Crippen molar-refractivity contribution < 1.29 is 9.59 Å². The lowest BCUT2D eigenvalue weighted by molar-refractivity contribution is -0.131. The summed E-state index contributed by atoms with van der Waals surface area (Å²) in [5.41, 5.74) is 0.987. The van der Waals surface area contributed by atoms with Gasteiger partial charge in [0, 0.05) is 26.1 Å². The van der Waals surface area contributed by atoms with Crippen LogP contribution in [0.2, 0.25) is 0 Å². The lowest BCUT2D eigenvalue weighted by atomic mass is 10.0. The standard InChI is InChI=1S/C17H21N3O2S2/c1-11(23-17-19-14-5-3-4-6-15(14)24-17)16(22)20-9-7-13(8-10-20)18-12(2)21/h3-6,11,13H,7-10H2,1-2H3,(H,18,21)/t11-/m0/s1. The second-order valence-electron chi connectivity index (χ2n) is 6.01. The molecule has 5 nitrogen and oxygen atoms in total. The minimum absolute atomic E-state index is 0.000430. The number of carbonyl (C=O) groups is 2. The summed E-state index contributed by atoms with van der Waals surface area (Å²) in [4.78, 5) is 30.2. The van der Waals surface area contributed by atoms with E-state index >= 15 is 0 Å². The Hall–Kier alpha value is -1.60. The number of aromatic nitrogens is 1. The molecule has 1 aromatic carbocycles. The number of rotatable bonds is 4. The number of hydrogen-bond donors (Lipinski definition) is 1. The van der Waals surface area contributed by atoms with E-state index in [0.717, 1.165) is 27.4 Å². The van der Waals surface area contributed by atoms with Crippen LogP contribution in [0.3, 0.4) is 0 Å². The van der Waals surface area contributed by atoms with Crippen LogP contribution in [0.25, 0.3) is 10.2 Å². The molecule has 0 unspecified atom stereocenters. The molecule has 0 radical (unpaired) electrons. The number of piperidine rings is 1. The molecule has 2 amide bonds. The fraction of sp³-hybridized carbons (Fsp3) is 0.471. The van der Waals surface area contributed by atoms with E-state index in [1.54, 1.807) is 11.3 Å². The third-order valence-corrected chi connectivity index (χ3v) is 6.33. The predicted octanol–water partition coefficient (Wildman–Crippen LogP) is 2.90. The smallest absolute Gasteiger partial charge is 0.235 e. The summed E-state index contributed by atoms with van der Waals surface area (Å²) < 4.78 is 2.08. The van der Waals surface area contributed by atoms with Crippen molar-refractivity contribution in [2.75, 3.05) is 13.1 Å². The first-order valence-electron chi connectivity index (χ1n) is 8.11. The Morgan fingerprint density at radius 2 is 2.04 bits per heavy atom. The van der Waals surface area contributed by atoms with Crippen molar-refractivity contribution in [1.82, 2.24) is 15.2 Å². The number of nitrogens with zero attached hydrogens (tertiary/aromatic N) is 2. The Labute approximate surface area is 149 Å². The van der Waals surface area contributed by atoms with Crippen LogP contribution in [0.4, 0.5) is 0 Å². The van der Waals surface area contributed by atoms with Gasteiger partial charge in [-0.2, -0.15) is 0 Å². The number of thioether (sulfide) groups is 1. The first-order valence-corrected chi connectivity index (χ1v) is 9.80. The van der Waals surface area contributed by atoms with Crippen molar-refractivity contribution >= 4 is 45.1 Å². The third-order valence-electron chi connectivity index (χ3n) is 4.11. The van der Waals surface area contributed by atoms with Crippen molar-refractivity contribution in [2.45, 2.75) is 42.3 Å². The van der Waals surface area contributed by atoms with Crippen LogP contribution in [-0.2, 0) is 9.59 Å². The summed E-state index contributed by atoms with van der Waals surface area (Å²) in [7, 11) is 0. The van der Waals surface area contributed by atoms with Crippen LogP contribution in [0.5, 0.6) is 0 Å². The molecule has 1 aliphatic rings.